The lowest BCUT2D eigenvalue weighted by Crippen LogP contribution is -2.43. The van der Waals surface area contributed by atoms with Gasteiger partial charge in [-0.3, -0.25) is 4.90 Å². The Kier molecular flexibility index (Phi) is 4.35. The van der Waals surface area contributed by atoms with Crippen molar-refractivity contribution in [1.82, 2.24) is 9.62 Å². The molecule has 1 aromatic heterocycles. The number of ether oxygens (including phenoxy) is 1. The first kappa shape index (κ1) is 15.0. The Morgan fingerprint density at radius 1 is 1.48 bits per heavy atom. The molecule has 0 amide bonds. The Morgan fingerprint density at radius 2 is 2.33 bits per heavy atom. The molecule has 0 spiro atoms. The van der Waals surface area contributed by atoms with Crippen molar-refractivity contribution < 1.29 is 17.6 Å². The van der Waals surface area contributed by atoms with Gasteiger partial charge in [0.1, 0.15) is 0 Å². The van der Waals surface area contributed by atoms with Gasteiger partial charge in [-0.25, -0.2) is 13.1 Å². The van der Waals surface area contributed by atoms with Crippen LogP contribution in [0.1, 0.15) is 12.0 Å². The average Bonchev–Trinajstić information content (AvgIpc) is 3.04. The molecule has 118 valence electrons. The van der Waals surface area contributed by atoms with Crippen LogP contribution in [-0.4, -0.2) is 51.9 Å². The van der Waals surface area contributed by atoms with E-state index in [0.717, 1.165) is 32.7 Å². The van der Waals surface area contributed by atoms with Crippen LogP contribution in [0.2, 0.25) is 0 Å². The lowest BCUT2D eigenvalue weighted by atomic mass is 9.84. The van der Waals surface area contributed by atoms with E-state index < -0.39 is 10.0 Å². The molecule has 0 radical (unpaired) electrons. The zero-order chi connectivity index (χ0) is 14.9. The minimum absolute atomic E-state index is 0.0146. The standard InChI is InChI=1S/C14H22N2O4S/c1-21(17,18)15-6-14-13-2-4-16(8-12(13)10-20-14)7-11-3-5-19-9-11/h3,5,9,12-15H,2,4,6-8,10H2,1H3/t12-,13-,14+/m1/s1. The van der Waals surface area contributed by atoms with E-state index in [2.05, 4.69) is 9.62 Å². The van der Waals surface area contributed by atoms with Crippen molar-refractivity contribution in [3.05, 3.63) is 24.2 Å². The van der Waals surface area contributed by atoms with Crippen molar-refractivity contribution in [2.45, 2.75) is 19.1 Å². The summed E-state index contributed by atoms with van der Waals surface area (Å²) < 4.78 is 35.9. The van der Waals surface area contributed by atoms with E-state index in [-0.39, 0.29) is 6.10 Å². The van der Waals surface area contributed by atoms with Gasteiger partial charge in [0.2, 0.25) is 10.0 Å². The van der Waals surface area contributed by atoms with Gasteiger partial charge in [-0.05, 0) is 24.9 Å². The van der Waals surface area contributed by atoms with Crippen molar-refractivity contribution in [3.8, 4) is 0 Å². The molecule has 0 unspecified atom stereocenters. The molecule has 0 aromatic carbocycles. The largest absolute Gasteiger partial charge is 0.472 e. The topological polar surface area (TPSA) is 71.8 Å². The normalized spacial score (nSPS) is 30.4. The van der Waals surface area contributed by atoms with Crippen molar-refractivity contribution in [2.75, 3.05) is 32.5 Å². The fraction of sp³-hybridized carbons (Fsp3) is 0.714. The molecule has 3 heterocycles. The lowest BCUT2D eigenvalue weighted by molar-refractivity contribution is 0.0885. The van der Waals surface area contributed by atoms with Gasteiger partial charge in [0.15, 0.2) is 0 Å². The van der Waals surface area contributed by atoms with Gasteiger partial charge in [-0.2, -0.15) is 0 Å². The molecule has 2 fully saturated rings. The molecule has 6 nitrogen and oxygen atoms in total. The first-order valence-electron chi connectivity index (χ1n) is 7.31. The van der Waals surface area contributed by atoms with E-state index in [1.807, 2.05) is 6.07 Å². The maximum absolute atomic E-state index is 11.2. The molecule has 3 atom stereocenters. The van der Waals surface area contributed by atoms with Crippen molar-refractivity contribution in [3.63, 3.8) is 0 Å². The SMILES string of the molecule is CS(=O)(=O)NC[C@@H]1OC[C@H]2CN(Cc3ccoc3)CC[C@H]21. The van der Waals surface area contributed by atoms with E-state index in [1.165, 1.54) is 11.8 Å². The van der Waals surface area contributed by atoms with Gasteiger partial charge in [-0.1, -0.05) is 0 Å². The molecule has 1 N–H and O–H groups in total. The minimum atomic E-state index is -3.15. The highest BCUT2D eigenvalue weighted by Gasteiger charge is 2.40. The molecule has 2 aliphatic heterocycles. The summed E-state index contributed by atoms with van der Waals surface area (Å²) in [5.74, 6) is 0.955. The number of hydrogen-bond donors (Lipinski definition) is 1. The molecule has 0 saturated carbocycles. The maximum Gasteiger partial charge on any atom is 0.208 e. The van der Waals surface area contributed by atoms with Gasteiger partial charge in [0, 0.05) is 31.1 Å². The molecule has 2 aliphatic rings. The fourth-order valence-electron chi connectivity index (χ4n) is 3.39. The van der Waals surface area contributed by atoms with Crippen LogP contribution in [0.3, 0.4) is 0 Å². The van der Waals surface area contributed by atoms with Crippen LogP contribution < -0.4 is 4.72 Å². The zero-order valence-corrected chi connectivity index (χ0v) is 13.0. The summed E-state index contributed by atoms with van der Waals surface area (Å²) >= 11 is 0. The summed E-state index contributed by atoms with van der Waals surface area (Å²) in [6.45, 7) is 4.05. The Balaban J connectivity index is 1.52. The fourth-order valence-corrected chi connectivity index (χ4v) is 3.86. The number of nitrogens with zero attached hydrogens (tertiary/aromatic N) is 1. The number of rotatable bonds is 5. The van der Waals surface area contributed by atoms with E-state index in [4.69, 9.17) is 9.15 Å². The van der Waals surface area contributed by atoms with Crippen molar-refractivity contribution in [1.29, 1.82) is 0 Å². The molecule has 2 saturated heterocycles. The molecule has 1 aromatic rings. The number of furan rings is 1. The second-order valence-corrected chi connectivity index (χ2v) is 7.90. The van der Waals surface area contributed by atoms with Gasteiger partial charge < -0.3 is 9.15 Å². The minimum Gasteiger partial charge on any atom is -0.472 e. The van der Waals surface area contributed by atoms with Gasteiger partial charge in [-0.15, -0.1) is 0 Å². The van der Waals surface area contributed by atoms with Gasteiger partial charge in [0.25, 0.3) is 0 Å². The van der Waals surface area contributed by atoms with Gasteiger partial charge >= 0.3 is 0 Å². The number of hydrogen-bond acceptors (Lipinski definition) is 5. The highest BCUT2D eigenvalue weighted by Crippen LogP contribution is 2.34. The van der Waals surface area contributed by atoms with Gasteiger partial charge in [0.05, 0.1) is 31.5 Å². The number of fused-ring (bicyclic) bond motifs is 1. The first-order valence-corrected chi connectivity index (χ1v) is 9.20. The number of likely N-dealkylation sites (tertiary alicyclic amines) is 1. The zero-order valence-electron chi connectivity index (χ0n) is 12.2. The highest BCUT2D eigenvalue weighted by molar-refractivity contribution is 7.88. The second-order valence-electron chi connectivity index (χ2n) is 6.07. The van der Waals surface area contributed by atoms with Crippen LogP contribution in [-0.2, 0) is 21.3 Å². The molecule has 0 bridgehead atoms. The summed E-state index contributed by atoms with van der Waals surface area (Å²) in [6.07, 6.45) is 5.75. The van der Waals surface area contributed by atoms with Crippen LogP contribution >= 0.6 is 0 Å². The molecular weight excluding hydrogens is 292 g/mol. The third kappa shape index (κ3) is 3.85. The predicted molar refractivity (Wildman–Crippen MR) is 78.2 cm³/mol. The first-order chi connectivity index (χ1) is 10.0. The highest BCUT2D eigenvalue weighted by atomic mass is 32.2. The summed E-state index contributed by atoms with van der Waals surface area (Å²) in [7, 11) is -3.15. The quantitative estimate of drug-likeness (QED) is 0.865. The summed E-state index contributed by atoms with van der Waals surface area (Å²) in [6, 6.07) is 2.00. The van der Waals surface area contributed by atoms with Crippen LogP contribution in [0.15, 0.2) is 23.0 Å². The summed E-state index contributed by atoms with van der Waals surface area (Å²) in [5.41, 5.74) is 1.20. The Hall–Kier alpha value is -0.890. The monoisotopic (exact) mass is 314 g/mol. The van der Waals surface area contributed by atoms with E-state index >= 15 is 0 Å². The lowest BCUT2D eigenvalue weighted by Gasteiger charge is -2.35. The Morgan fingerprint density at radius 3 is 3.05 bits per heavy atom. The summed E-state index contributed by atoms with van der Waals surface area (Å²) in [4.78, 5) is 2.42. The number of piperidine rings is 1. The molecule has 7 heteroatoms. The summed E-state index contributed by atoms with van der Waals surface area (Å²) in [5, 5.41) is 0. The third-order valence-corrected chi connectivity index (χ3v) is 5.10. The van der Waals surface area contributed by atoms with Crippen molar-refractivity contribution in [2.24, 2.45) is 11.8 Å². The van der Waals surface area contributed by atoms with Crippen LogP contribution in [0, 0.1) is 11.8 Å². The second kappa shape index (κ2) is 6.08. The van der Waals surface area contributed by atoms with E-state index in [1.54, 1.807) is 12.5 Å². The smallest absolute Gasteiger partial charge is 0.208 e. The Bertz CT molecular complexity index is 558. The maximum atomic E-state index is 11.2. The number of sulfonamides is 1. The van der Waals surface area contributed by atoms with E-state index in [0.29, 0.717) is 18.4 Å². The van der Waals surface area contributed by atoms with Crippen LogP contribution in [0.4, 0.5) is 0 Å². The van der Waals surface area contributed by atoms with Crippen LogP contribution in [0.5, 0.6) is 0 Å². The van der Waals surface area contributed by atoms with E-state index in [9.17, 15) is 8.42 Å². The number of nitrogens with one attached hydrogen (secondary N) is 1. The average molecular weight is 314 g/mol. The predicted octanol–water partition coefficient (Wildman–Crippen LogP) is 0.666. The molecule has 21 heavy (non-hydrogen) atoms. The third-order valence-electron chi connectivity index (χ3n) is 4.41. The molecule has 3 rings (SSSR count). The van der Waals surface area contributed by atoms with Crippen LogP contribution in [0.25, 0.3) is 0 Å². The molecule has 0 aliphatic carbocycles. The van der Waals surface area contributed by atoms with Crippen molar-refractivity contribution >= 4 is 10.0 Å². The molecular formula is C14H22N2O4S. The Labute approximate surface area is 125 Å².